The van der Waals surface area contributed by atoms with Crippen molar-refractivity contribution in [3.05, 3.63) is 18.2 Å². The molecule has 7 nitrogen and oxygen atoms in total. The quantitative estimate of drug-likeness (QED) is 0.537. The van der Waals surface area contributed by atoms with Crippen molar-refractivity contribution in [3.63, 3.8) is 0 Å². The monoisotopic (exact) mass is 278 g/mol. The summed E-state index contributed by atoms with van der Waals surface area (Å²) >= 11 is 0. The van der Waals surface area contributed by atoms with Gasteiger partial charge < -0.3 is 25.5 Å². The Balaban J connectivity index is 2.00. The molecule has 0 saturated heterocycles. The maximum absolute atomic E-state index is 11.8. The highest BCUT2D eigenvalue weighted by atomic mass is 16.5. The number of hydrogen-bond donors (Lipinski definition) is 3. The van der Waals surface area contributed by atoms with Crippen molar-refractivity contribution >= 4 is 28.7 Å². The highest BCUT2D eigenvalue weighted by Crippen LogP contribution is 2.23. The lowest BCUT2D eigenvalue weighted by Gasteiger charge is -2.12. The molecule has 0 aliphatic rings. The predicted molar refractivity (Wildman–Crippen MR) is 76.4 cm³/mol. The van der Waals surface area contributed by atoms with Gasteiger partial charge in [0, 0.05) is 13.7 Å². The summed E-state index contributed by atoms with van der Waals surface area (Å²) < 4.78 is 10.4. The molecule has 20 heavy (non-hydrogen) atoms. The van der Waals surface area contributed by atoms with E-state index in [1.807, 2.05) is 0 Å². The fourth-order valence-corrected chi connectivity index (χ4v) is 1.71. The Hall–Kier alpha value is -2.28. The number of aromatic nitrogens is 1. The molecule has 1 aromatic heterocycles. The first-order chi connectivity index (χ1) is 9.61. The average molecular weight is 278 g/mol. The van der Waals surface area contributed by atoms with Crippen LogP contribution in [0.5, 0.6) is 0 Å². The minimum atomic E-state index is -0.471. The molecule has 0 spiro atoms. The third-order valence-corrected chi connectivity index (χ3v) is 2.79. The van der Waals surface area contributed by atoms with Crippen LogP contribution in [0.25, 0.3) is 11.1 Å². The lowest BCUT2D eigenvalue weighted by atomic mass is 10.3. The number of methoxy groups -OCH3 is 1. The van der Waals surface area contributed by atoms with E-state index >= 15 is 0 Å². The number of anilines is 2. The average Bonchev–Trinajstić information content (AvgIpc) is 2.83. The molecular formula is C13H18N4O3. The van der Waals surface area contributed by atoms with Crippen molar-refractivity contribution < 1.29 is 13.9 Å². The Bertz CT molecular complexity index is 596. The molecule has 2 rings (SSSR count). The van der Waals surface area contributed by atoms with E-state index in [4.69, 9.17) is 14.9 Å². The number of rotatable bonds is 6. The fraction of sp³-hybridized carbons (Fsp3) is 0.385. The van der Waals surface area contributed by atoms with E-state index < -0.39 is 6.04 Å². The molecule has 7 heteroatoms. The van der Waals surface area contributed by atoms with Crippen LogP contribution in [0.4, 0.5) is 11.7 Å². The van der Waals surface area contributed by atoms with Crippen molar-refractivity contribution in [2.45, 2.75) is 13.0 Å². The van der Waals surface area contributed by atoms with E-state index in [1.54, 1.807) is 32.2 Å². The minimum Gasteiger partial charge on any atom is -0.423 e. The van der Waals surface area contributed by atoms with Gasteiger partial charge in [-0.1, -0.05) is 6.07 Å². The van der Waals surface area contributed by atoms with E-state index in [9.17, 15) is 4.79 Å². The molecule has 0 bridgehead atoms. The number of oxazole rings is 1. The molecule has 1 unspecified atom stereocenters. The second kappa shape index (κ2) is 6.25. The Morgan fingerprint density at radius 2 is 2.35 bits per heavy atom. The maximum atomic E-state index is 11.8. The van der Waals surface area contributed by atoms with E-state index in [0.29, 0.717) is 29.9 Å². The van der Waals surface area contributed by atoms with Gasteiger partial charge in [0.05, 0.1) is 12.3 Å². The lowest BCUT2D eigenvalue weighted by Crippen LogP contribution is -2.39. The largest absolute Gasteiger partial charge is 0.423 e. The molecule has 4 N–H and O–H groups in total. The summed E-state index contributed by atoms with van der Waals surface area (Å²) in [5.41, 5.74) is 7.50. The van der Waals surface area contributed by atoms with Crippen molar-refractivity contribution in [2.24, 2.45) is 0 Å². The van der Waals surface area contributed by atoms with Gasteiger partial charge in [0.15, 0.2) is 5.58 Å². The Morgan fingerprint density at radius 1 is 1.55 bits per heavy atom. The molecule has 1 atom stereocenters. The van der Waals surface area contributed by atoms with Crippen LogP contribution in [0.15, 0.2) is 22.6 Å². The number of hydrogen-bond acceptors (Lipinski definition) is 6. The van der Waals surface area contributed by atoms with Gasteiger partial charge in [0.25, 0.3) is 6.01 Å². The second-order valence-corrected chi connectivity index (χ2v) is 4.36. The SMILES string of the molecule is COCCNC(=O)C(C)Nc1nc2c(N)cccc2o1. The van der Waals surface area contributed by atoms with Gasteiger partial charge in [-0.2, -0.15) is 4.98 Å². The second-order valence-electron chi connectivity index (χ2n) is 4.36. The molecule has 2 aromatic rings. The van der Waals surface area contributed by atoms with Crippen LogP contribution in [0.2, 0.25) is 0 Å². The smallest absolute Gasteiger partial charge is 0.296 e. The highest BCUT2D eigenvalue weighted by Gasteiger charge is 2.15. The third-order valence-electron chi connectivity index (χ3n) is 2.79. The van der Waals surface area contributed by atoms with Crippen LogP contribution in [0.1, 0.15) is 6.92 Å². The zero-order chi connectivity index (χ0) is 14.5. The van der Waals surface area contributed by atoms with Gasteiger partial charge in [-0.15, -0.1) is 0 Å². The number of carbonyl (C=O) groups excluding carboxylic acids is 1. The van der Waals surface area contributed by atoms with Crippen molar-refractivity contribution in [3.8, 4) is 0 Å². The molecule has 108 valence electrons. The summed E-state index contributed by atoms with van der Waals surface area (Å²) in [5, 5.41) is 5.63. The Morgan fingerprint density at radius 3 is 3.05 bits per heavy atom. The molecule has 0 fully saturated rings. The molecule has 1 heterocycles. The van der Waals surface area contributed by atoms with Gasteiger partial charge in [-0.05, 0) is 19.1 Å². The van der Waals surface area contributed by atoms with Crippen LogP contribution in [0.3, 0.4) is 0 Å². The number of nitrogens with two attached hydrogens (primary N) is 1. The fourth-order valence-electron chi connectivity index (χ4n) is 1.71. The Kier molecular flexibility index (Phi) is 4.41. The number of nitrogens with zero attached hydrogens (tertiary/aromatic N) is 1. The zero-order valence-electron chi connectivity index (χ0n) is 11.5. The topological polar surface area (TPSA) is 102 Å². The predicted octanol–water partition coefficient (Wildman–Crippen LogP) is 0.973. The van der Waals surface area contributed by atoms with Crippen LogP contribution in [0, 0.1) is 0 Å². The summed E-state index contributed by atoms with van der Waals surface area (Å²) in [4.78, 5) is 16.0. The first-order valence-corrected chi connectivity index (χ1v) is 6.30. The number of nitrogens with one attached hydrogen (secondary N) is 2. The zero-order valence-corrected chi connectivity index (χ0v) is 11.5. The van der Waals surface area contributed by atoms with Crippen molar-refractivity contribution in [2.75, 3.05) is 31.3 Å². The van der Waals surface area contributed by atoms with Gasteiger partial charge in [-0.25, -0.2) is 0 Å². The summed E-state index contributed by atoms with van der Waals surface area (Å²) in [6, 6.07) is 5.10. The molecular weight excluding hydrogens is 260 g/mol. The minimum absolute atomic E-state index is 0.155. The number of ether oxygens (including phenoxy) is 1. The summed E-state index contributed by atoms with van der Waals surface area (Å²) in [7, 11) is 1.58. The summed E-state index contributed by atoms with van der Waals surface area (Å²) in [6.07, 6.45) is 0. The van der Waals surface area contributed by atoms with Crippen molar-refractivity contribution in [1.29, 1.82) is 0 Å². The van der Waals surface area contributed by atoms with Crippen LogP contribution >= 0.6 is 0 Å². The molecule has 0 radical (unpaired) electrons. The number of benzene rings is 1. The normalized spacial score (nSPS) is 12.3. The first kappa shape index (κ1) is 14.1. The van der Waals surface area contributed by atoms with E-state index in [-0.39, 0.29) is 11.9 Å². The van der Waals surface area contributed by atoms with Crippen molar-refractivity contribution in [1.82, 2.24) is 10.3 Å². The van der Waals surface area contributed by atoms with Crippen LogP contribution in [-0.4, -0.2) is 37.2 Å². The summed E-state index contributed by atoms with van der Waals surface area (Å²) in [5.74, 6) is -0.155. The Labute approximate surface area is 116 Å². The summed E-state index contributed by atoms with van der Waals surface area (Å²) in [6.45, 7) is 2.65. The standard InChI is InChI=1S/C13H18N4O3/c1-8(12(18)15-6-7-19-2)16-13-17-11-9(14)4-3-5-10(11)20-13/h3-5,8H,6-7,14H2,1-2H3,(H,15,18)(H,16,17). The molecule has 1 aromatic carbocycles. The van der Waals surface area contributed by atoms with Gasteiger partial charge in [0.1, 0.15) is 11.6 Å². The number of carbonyl (C=O) groups is 1. The molecule has 1 amide bonds. The molecule has 0 aliphatic heterocycles. The van der Waals surface area contributed by atoms with E-state index in [1.165, 1.54) is 0 Å². The number of para-hydroxylation sites is 1. The molecule has 0 aliphatic carbocycles. The molecule has 0 saturated carbocycles. The number of fused-ring (bicyclic) bond motifs is 1. The van der Waals surface area contributed by atoms with Gasteiger partial charge >= 0.3 is 0 Å². The maximum Gasteiger partial charge on any atom is 0.296 e. The highest BCUT2D eigenvalue weighted by molar-refractivity contribution is 5.87. The first-order valence-electron chi connectivity index (χ1n) is 6.30. The van der Waals surface area contributed by atoms with Crippen LogP contribution < -0.4 is 16.4 Å². The lowest BCUT2D eigenvalue weighted by molar-refractivity contribution is -0.121. The van der Waals surface area contributed by atoms with E-state index in [0.717, 1.165) is 0 Å². The van der Waals surface area contributed by atoms with Gasteiger partial charge in [-0.3, -0.25) is 4.79 Å². The van der Waals surface area contributed by atoms with Crippen LogP contribution in [-0.2, 0) is 9.53 Å². The van der Waals surface area contributed by atoms with Gasteiger partial charge in [0.2, 0.25) is 5.91 Å². The van der Waals surface area contributed by atoms with E-state index in [2.05, 4.69) is 15.6 Å². The number of nitrogen functional groups attached to an aromatic ring is 1. The number of amides is 1. The third kappa shape index (κ3) is 3.18.